The van der Waals surface area contributed by atoms with Gasteiger partial charge in [0.05, 0.1) is 5.69 Å². The van der Waals surface area contributed by atoms with E-state index >= 15 is 0 Å². The maximum absolute atomic E-state index is 12.2. The van der Waals surface area contributed by atoms with Crippen LogP contribution in [0.4, 0.5) is 0 Å². The summed E-state index contributed by atoms with van der Waals surface area (Å²) >= 11 is 1.60. The number of nitrogens with zero attached hydrogens (tertiary/aromatic N) is 5. The van der Waals surface area contributed by atoms with Gasteiger partial charge in [0.25, 0.3) is 5.56 Å². The first-order chi connectivity index (χ1) is 11.7. The van der Waals surface area contributed by atoms with Gasteiger partial charge in [-0.25, -0.2) is 4.98 Å². The van der Waals surface area contributed by atoms with Crippen LogP contribution in [-0.2, 0) is 18.7 Å². The minimum Gasteiger partial charge on any atom is -0.306 e. The smallest absolute Gasteiger partial charge is 0.258 e. The van der Waals surface area contributed by atoms with E-state index < -0.39 is 0 Å². The molecule has 0 fully saturated rings. The van der Waals surface area contributed by atoms with E-state index in [9.17, 15) is 4.79 Å². The molecule has 0 amide bonds. The summed E-state index contributed by atoms with van der Waals surface area (Å²) in [5.41, 5.74) is 2.52. The number of aromatic nitrogens is 5. The molecule has 0 atom stereocenters. The summed E-state index contributed by atoms with van der Waals surface area (Å²) in [6, 6.07) is 5.45. The predicted octanol–water partition coefficient (Wildman–Crippen LogP) is 2.61. The molecule has 0 N–H and O–H groups in total. The lowest BCUT2D eigenvalue weighted by atomic mass is 10.2. The fourth-order valence-corrected chi connectivity index (χ4v) is 3.91. The van der Waals surface area contributed by atoms with Crippen molar-refractivity contribution in [2.45, 2.75) is 50.1 Å². The average molecular weight is 341 g/mol. The van der Waals surface area contributed by atoms with Crippen LogP contribution in [0.3, 0.4) is 0 Å². The molecule has 0 bridgehead atoms. The molecule has 1 aliphatic rings. The van der Waals surface area contributed by atoms with E-state index in [4.69, 9.17) is 0 Å². The van der Waals surface area contributed by atoms with Crippen molar-refractivity contribution in [2.75, 3.05) is 0 Å². The molecule has 0 saturated heterocycles. The monoisotopic (exact) mass is 341 g/mol. The fraction of sp³-hybridized carbons (Fsp3) is 0.412. The van der Waals surface area contributed by atoms with Gasteiger partial charge in [0.1, 0.15) is 11.5 Å². The van der Waals surface area contributed by atoms with Gasteiger partial charge in [0, 0.05) is 31.0 Å². The van der Waals surface area contributed by atoms with Crippen LogP contribution in [-0.4, -0.2) is 24.1 Å². The van der Waals surface area contributed by atoms with Crippen molar-refractivity contribution >= 4 is 17.4 Å². The molecular formula is C17H19N5OS. The second-order valence-electron chi connectivity index (χ2n) is 6.17. The fourth-order valence-electron chi connectivity index (χ4n) is 3.03. The number of fused-ring (bicyclic) bond motifs is 2. The highest BCUT2D eigenvalue weighted by atomic mass is 32.2. The maximum atomic E-state index is 12.2. The molecule has 0 saturated carbocycles. The van der Waals surface area contributed by atoms with Crippen molar-refractivity contribution < 1.29 is 0 Å². The molecule has 0 aromatic carbocycles. The summed E-state index contributed by atoms with van der Waals surface area (Å²) in [5, 5.41) is 9.56. The minimum atomic E-state index is -0.0457. The third-order valence-corrected chi connectivity index (χ3v) is 5.30. The number of hydrogen-bond acceptors (Lipinski definition) is 5. The van der Waals surface area contributed by atoms with E-state index in [1.165, 1.54) is 19.3 Å². The molecule has 124 valence electrons. The first kappa shape index (κ1) is 15.4. The molecule has 0 aliphatic carbocycles. The number of rotatable bonds is 3. The van der Waals surface area contributed by atoms with Gasteiger partial charge in [-0.15, -0.1) is 10.2 Å². The highest BCUT2D eigenvalue weighted by Gasteiger charge is 2.15. The highest BCUT2D eigenvalue weighted by molar-refractivity contribution is 7.98. The van der Waals surface area contributed by atoms with Crippen LogP contribution >= 0.6 is 11.8 Å². The molecule has 7 heteroatoms. The topological polar surface area (TPSA) is 65.1 Å². The summed E-state index contributed by atoms with van der Waals surface area (Å²) in [5.74, 6) is 1.70. The molecule has 0 radical (unpaired) electrons. The first-order valence-electron chi connectivity index (χ1n) is 8.24. The SMILES string of the molecule is Cc1ccn2c(=O)cc(CSc3nnc4n3CCCCC4)nc2c1. The van der Waals surface area contributed by atoms with E-state index in [2.05, 4.69) is 19.7 Å². The van der Waals surface area contributed by atoms with Gasteiger partial charge >= 0.3 is 0 Å². The Morgan fingerprint density at radius 3 is 3.04 bits per heavy atom. The largest absolute Gasteiger partial charge is 0.306 e. The number of hydrogen-bond donors (Lipinski definition) is 0. The van der Waals surface area contributed by atoms with Crippen LogP contribution in [0.5, 0.6) is 0 Å². The Balaban J connectivity index is 1.59. The van der Waals surface area contributed by atoms with Crippen LogP contribution in [0, 0.1) is 6.92 Å². The normalized spacial score (nSPS) is 14.5. The summed E-state index contributed by atoms with van der Waals surface area (Å²) in [6.07, 6.45) is 6.38. The zero-order valence-electron chi connectivity index (χ0n) is 13.6. The van der Waals surface area contributed by atoms with Crippen LogP contribution in [0.25, 0.3) is 5.65 Å². The molecule has 6 nitrogen and oxygen atoms in total. The van der Waals surface area contributed by atoms with Crippen molar-refractivity contribution in [1.82, 2.24) is 24.1 Å². The molecule has 1 aliphatic heterocycles. The average Bonchev–Trinajstić information content (AvgIpc) is 2.79. The Kier molecular flexibility index (Phi) is 4.10. The lowest BCUT2D eigenvalue weighted by Gasteiger charge is -2.07. The van der Waals surface area contributed by atoms with Crippen molar-refractivity contribution in [1.29, 1.82) is 0 Å². The number of aryl methyl sites for hydroxylation is 2. The Bertz CT molecular complexity index is 946. The molecule has 4 rings (SSSR count). The minimum absolute atomic E-state index is 0.0457. The number of thioether (sulfide) groups is 1. The Morgan fingerprint density at radius 1 is 1.21 bits per heavy atom. The van der Waals surface area contributed by atoms with Gasteiger partial charge in [-0.3, -0.25) is 9.20 Å². The lowest BCUT2D eigenvalue weighted by molar-refractivity contribution is 0.591. The van der Waals surface area contributed by atoms with E-state index in [1.54, 1.807) is 28.4 Å². The Hall–Kier alpha value is -2.15. The molecule has 0 spiro atoms. The zero-order chi connectivity index (χ0) is 16.5. The predicted molar refractivity (Wildman–Crippen MR) is 93.3 cm³/mol. The molecule has 3 aromatic heterocycles. The quantitative estimate of drug-likeness (QED) is 0.685. The van der Waals surface area contributed by atoms with Crippen LogP contribution in [0.1, 0.15) is 36.3 Å². The molecule has 4 heterocycles. The van der Waals surface area contributed by atoms with Gasteiger partial charge in [-0.2, -0.15) is 0 Å². The lowest BCUT2D eigenvalue weighted by Crippen LogP contribution is -2.15. The first-order valence-corrected chi connectivity index (χ1v) is 9.23. The summed E-state index contributed by atoms with van der Waals surface area (Å²) in [4.78, 5) is 16.8. The van der Waals surface area contributed by atoms with Gasteiger partial charge in [0.2, 0.25) is 0 Å². The zero-order valence-corrected chi connectivity index (χ0v) is 14.4. The molecule has 3 aromatic rings. The number of pyridine rings is 1. The summed E-state index contributed by atoms with van der Waals surface area (Å²) in [7, 11) is 0. The van der Waals surface area contributed by atoms with Gasteiger partial charge in [-0.05, 0) is 37.5 Å². The maximum Gasteiger partial charge on any atom is 0.258 e. The van der Waals surface area contributed by atoms with Gasteiger partial charge < -0.3 is 4.57 Å². The standard InChI is InChI=1S/C17H19N5OS/c1-12-6-8-21-15(9-12)18-13(10-16(21)23)11-24-17-20-19-14-5-3-2-4-7-22(14)17/h6,8-10H,2-5,7,11H2,1H3. The van der Waals surface area contributed by atoms with Crippen LogP contribution in [0.2, 0.25) is 0 Å². The van der Waals surface area contributed by atoms with Crippen molar-refractivity contribution in [2.24, 2.45) is 0 Å². The van der Waals surface area contributed by atoms with Gasteiger partial charge in [-0.1, -0.05) is 18.2 Å². The van der Waals surface area contributed by atoms with Crippen LogP contribution < -0.4 is 5.56 Å². The van der Waals surface area contributed by atoms with E-state index in [0.29, 0.717) is 11.4 Å². The molecule has 24 heavy (non-hydrogen) atoms. The van der Waals surface area contributed by atoms with Crippen molar-refractivity contribution in [3.05, 3.63) is 51.8 Å². The Morgan fingerprint density at radius 2 is 2.12 bits per heavy atom. The van der Waals surface area contributed by atoms with Crippen molar-refractivity contribution in [3.8, 4) is 0 Å². The third-order valence-electron chi connectivity index (χ3n) is 4.30. The molecular weight excluding hydrogens is 322 g/mol. The molecule has 0 unspecified atom stereocenters. The third kappa shape index (κ3) is 2.96. The van der Waals surface area contributed by atoms with Gasteiger partial charge in [0.15, 0.2) is 5.16 Å². The second-order valence-corrected chi connectivity index (χ2v) is 7.11. The second kappa shape index (κ2) is 6.39. The van der Waals surface area contributed by atoms with Crippen LogP contribution in [0.15, 0.2) is 34.3 Å². The van der Waals surface area contributed by atoms with E-state index in [1.807, 2.05) is 19.1 Å². The van der Waals surface area contributed by atoms with E-state index in [-0.39, 0.29) is 5.56 Å². The van der Waals surface area contributed by atoms with Crippen molar-refractivity contribution in [3.63, 3.8) is 0 Å². The summed E-state index contributed by atoms with van der Waals surface area (Å²) < 4.78 is 3.79. The highest BCUT2D eigenvalue weighted by Crippen LogP contribution is 2.24. The summed E-state index contributed by atoms with van der Waals surface area (Å²) in [6.45, 7) is 2.98. The van der Waals surface area contributed by atoms with E-state index in [0.717, 1.165) is 35.2 Å². The Labute approximate surface area is 143 Å².